The van der Waals surface area contributed by atoms with Crippen molar-refractivity contribution in [3.63, 3.8) is 0 Å². The highest BCUT2D eigenvalue weighted by Crippen LogP contribution is 2.44. The molecule has 67 heavy (non-hydrogen) atoms. The smallest absolute Gasteiger partial charge is 0.169 e. The largest absolute Gasteiger partial charge is 0.309 e. The Morgan fingerprint density at radius 3 is 1.31 bits per heavy atom. The molecule has 316 valence electrons. The summed E-state index contributed by atoms with van der Waals surface area (Å²) in [7, 11) is 0. The van der Waals surface area contributed by atoms with Gasteiger partial charge in [0.05, 0.1) is 22.1 Å². The van der Waals surface area contributed by atoms with Gasteiger partial charge in [-0.15, -0.1) is 10.2 Å². The molecule has 1 aliphatic carbocycles. The third kappa shape index (κ3) is 6.46. The molecule has 0 spiro atoms. The van der Waals surface area contributed by atoms with E-state index in [1.807, 2.05) is 0 Å². The van der Waals surface area contributed by atoms with Gasteiger partial charge in [-0.3, -0.25) is 4.57 Å². The molecule has 0 saturated carbocycles. The second-order valence-corrected chi connectivity index (χ2v) is 17.3. The molecular weight excluding hydrogens is 815 g/mol. The zero-order valence-electron chi connectivity index (χ0n) is 36.7. The van der Waals surface area contributed by atoms with Gasteiger partial charge in [0.15, 0.2) is 11.6 Å². The third-order valence-corrected chi connectivity index (χ3v) is 13.4. The Bertz CT molecular complexity index is 3850. The number of hydrogen-bond acceptors (Lipinski definition) is 2. The fraction of sp³-hybridized carbons (Fsp3) is 0.0323. The predicted octanol–water partition coefficient (Wildman–Crippen LogP) is 16.0. The molecule has 0 radical (unpaired) electrons. The standard InChI is InChI=1S/C62H43N5/c1-5-20-42(21-6-1)45-26-17-29-49(39-45)65-55-34-15-13-30-51(55)59-53(32-18-36-57(59)65)61-63-64-62(67(61)48-27-11-4-12-28-48)54-33-19-37-58-60(54)52-31-14-16-35-56(52)66(58)50-40-46(43-22-7-2-8-23-43)38-47(41-50)44-24-9-3-10-25-44/h1-3,5-11,13-41H,4,12H2. The van der Waals surface area contributed by atoms with Crippen molar-refractivity contribution in [2.45, 2.75) is 12.8 Å². The van der Waals surface area contributed by atoms with Gasteiger partial charge in [0.1, 0.15) is 0 Å². The van der Waals surface area contributed by atoms with E-state index in [2.05, 4.69) is 250 Å². The van der Waals surface area contributed by atoms with Crippen molar-refractivity contribution in [3.8, 4) is 67.5 Å². The number of aromatic nitrogens is 5. The van der Waals surface area contributed by atoms with Crippen LogP contribution in [0.1, 0.15) is 12.8 Å². The summed E-state index contributed by atoms with van der Waals surface area (Å²) in [5, 5.41) is 15.0. The van der Waals surface area contributed by atoms with Crippen LogP contribution in [0.5, 0.6) is 0 Å². The minimum absolute atomic E-state index is 0.806. The lowest BCUT2D eigenvalue weighted by Crippen LogP contribution is -2.03. The monoisotopic (exact) mass is 857 g/mol. The van der Waals surface area contributed by atoms with Crippen molar-refractivity contribution in [2.75, 3.05) is 0 Å². The lowest BCUT2D eigenvalue weighted by Gasteiger charge is -2.16. The Morgan fingerprint density at radius 2 is 0.776 bits per heavy atom. The quantitative estimate of drug-likeness (QED) is 0.153. The number of nitrogens with zero attached hydrogens (tertiary/aromatic N) is 5. The molecule has 0 aliphatic heterocycles. The number of fused-ring (bicyclic) bond motifs is 6. The van der Waals surface area contributed by atoms with Crippen molar-refractivity contribution in [1.82, 2.24) is 23.9 Å². The van der Waals surface area contributed by atoms with Crippen LogP contribution in [0.2, 0.25) is 0 Å². The molecule has 5 heteroatoms. The molecule has 9 aromatic carbocycles. The summed E-state index contributed by atoms with van der Waals surface area (Å²) in [4.78, 5) is 0. The van der Waals surface area contributed by atoms with Gasteiger partial charge < -0.3 is 9.13 Å². The molecule has 12 aromatic rings. The molecule has 0 N–H and O–H groups in total. The summed E-state index contributed by atoms with van der Waals surface area (Å²) in [6.45, 7) is 0. The SMILES string of the molecule is C1=CC(n2c(-c3cccc4c3c3ccccc3n4-c3cccc(-c4ccccc4)c3)nnc2-c2cccc3c2c2ccccc2n3-c2cc(-c3ccccc3)cc(-c3ccccc3)c2)=CCC1. The summed E-state index contributed by atoms with van der Waals surface area (Å²) in [6.07, 6.45) is 8.78. The summed E-state index contributed by atoms with van der Waals surface area (Å²) in [6, 6.07) is 78.6. The van der Waals surface area contributed by atoms with Gasteiger partial charge >= 0.3 is 0 Å². The summed E-state index contributed by atoms with van der Waals surface area (Å²) < 4.78 is 7.13. The van der Waals surface area contributed by atoms with Crippen LogP contribution in [0.4, 0.5) is 0 Å². The normalized spacial score (nSPS) is 12.7. The van der Waals surface area contributed by atoms with Crippen LogP contribution in [0, 0.1) is 0 Å². The van der Waals surface area contributed by atoms with Crippen LogP contribution in [0.3, 0.4) is 0 Å². The van der Waals surface area contributed by atoms with Gasteiger partial charge in [-0.05, 0) is 107 Å². The lowest BCUT2D eigenvalue weighted by atomic mass is 9.98. The zero-order chi connectivity index (χ0) is 44.3. The maximum atomic E-state index is 5.20. The van der Waals surface area contributed by atoms with Gasteiger partial charge in [-0.25, -0.2) is 0 Å². The number of allylic oxidation sites excluding steroid dienone is 4. The Labute approximate surface area is 388 Å². The van der Waals surface area contributed by atoms with Crippen LogP contribution in [-0.2, 0) is 0 Å². The van der Waals surface area contributed by atoms with Crippen LogP contribution in [0.25, 0.3) is 117 Å². The van der Waals surface area contributed by atoms with E-state index in [1.54, 1.807) is 0 Å². The number of hydrogen-bond donors (Lipinski definition) is 0. The average molecular weight is 858 g/mol. The van der Waals surface area contributed by atoms with E-state index in [0.717, 1.165) is 90.9 Å². The van der Waals surface area contributed by atoms with Gasteiger partial charge in [-0.2, -0.15) is 0 Å². The summed E-state index contributed by atoms with van der Waals surface area (Å²) >= 11 is 0. The Morgan fingerprint density at radius 1 is 0.328 bits per heavy atom. The Kier molecular flexibility index (Phi) is 9.24. The van der Waals surface area contributed by atoms with Crippen molar-refractivity contribution >= 4 is 49.3 Å². The third-order valence-electron chi connectivity index (χ3n) is 13.4. The molecule has 5 nitrogen and oxygen atoms in total. The first kappa shape index (κ1) is 38.6. The molecule has 1 aliphatic rings. The van der Waals surface area contributed by atoms with E-state index in [9.17, 15) is 0 Å². The number of rotatable bonds is 8. The molecule has 0 fully saturated rings. The molecule has 0 saturated heterocycles. The minimum atomic E-state index is 0.806. The lowest BCUT2D eigenvalue weighted by molar-refractivity contribution is 1.00. The highest BCUT2D eigenvalue weighted by atomic mass is 15.3. The van der Waals surface area contributed by atoms with E-state index in [0.29, 0.717) is 0 Å². The number of benzene rings is 9. The van der Waals surface area contributed by atoms with Crippen molar-refractivity contribution in [2.24, 2.45) is 0 Å². The van der Waals surface area contributed by atoms with E-state index in [-0.39, 0.29) is 0 Å². The van der Waals surface area contributed by atoms with Gasteiger partial charge in [0.25, 0.3) is 0 Å². The number of para-hydroxylation sites is 2. The average Bonchev–Trinajstić information content (AvgIpc) is 4.11. The van der Waals surface area contributed by atoms with Crippen LogP contribution >= 0.6 is 0 Å². The molecule has 0 bridgehead atoms. The van der Waals surface area contributed by atoms with E-state index in [4.69, 9.17) is 10.2 Å². The molecule has 0 atom stereocenters. The molecule has 0 unspecified atom stereocenters. The van der Waals surface area contributed by atoms with Gasteiger partial charge in [0.2, 0.25) is 0 Å². The first-order valence-corrected chi connectivity index (χ1v) is 23.1. The summed E-state index contributed by atoms with van der Waals surface area (Å²) in [5.74, 6) is 1.61. The zero-order valence-corrected chi connectivity index (χ0v) is 36.7. The molecule has 0 amide bonds. The molecule has 3 aromatic heterocycles. The second kappa shape index (κ2) is 16.0. The van der Waals surface area contributed by atoms with Crippen molar-refractivity contribution in [1.29, 1.82) is 0 Å². The highest BCUT2D eigenvalue weighted by molar-refractivity contribution is 6.17. The molecule has 3 heterocycles. The van der Waals surface area contributed by atoms with Crippen LogP contribution in [-0.4, -0.2) is 23.9 Å². The van der Waals surface area contributed by atoms with Gasteiger partial charge in [-0.1, -0.05) is 176 Å². The van der Waals surface area contributed by atoms with Crippen molar-refractivity contribution < 1.29 is 0 Å². The first-order valence-electron chi connectivity index (χ1n) is 23.1. The fourth-order valence-corrected chi connectivity index (χ4v) is 10.4. The Balaban J connectivity index is 1.04. The van der Waals surface area contributed by atoms with Crippen molar-refractivity contribution in [3.05, 3.63) is 237 Å². The first-order chi connectivity index (χ1) is 33.3. The Hall–Kier alpha value is -8.80. The topological polar surface area (TPSA) is 40.6 Å². The van der Waals surface area contributed by atoms with E-state index in [1.165, 1.54) is 38.8 Å². The van der Waals surface area contributed by atoms with E-state index < -0.39 is 0 Å². The summed E-state index contributed by atoms with van der Waals surface area (Å²) in [5.41, 5.74) is 16.9. The molecular formula is C62H43N5. The highest BCUT2D eigenvalue weighted by Gasteiger charge is 2.26. The van der Waals surface area contributed by atoms with Crippen LogP contribution < -0.4 is 0 Å². The maximum Gasteiger partial charge on any atom is 0.169 e. The fourth-order valence-electron chi connectivity index (χ4n) is 10.4. The minimum Gasteiger partial charge on any atom is -0.309 e. The predicted molar refractivity (Wildman–Crippen MR) is 279 cm³/mol. The van der Waals surface area contributed by atoms with Gasteiger partial charge in [0, 0.05) is 49.7 Å². The molecule has 13 rings (SSSR count). The maximum absolute atomic E-state index is 5.20. The second-order valence-electron chi connectivity index (χ2n) is 17.3. The van der Waals surface area contributed by atoms with E-state index >= 15 is 0 Å². The van der Waals surface area contributed by atoms with Crippen LogP contribution in [0.15, 0.2) is 237 Å².